The molecule has 3 aromatic carbocycles. The van der Waals surface area contributed by atoms with E-state index in [4.69, 9.17) is 0 Å². The Bertz CT molecular complexity index is 1370. The highest BCUT2D eigenvalue weighted by Gasteiger charge is 2.32. The Kier molecular flexibility index (Phi) is 8.76. The summed E-state index contributed by atoms with van der Waals surface area (Å²) in [6, 6.07) is 18.8. The molecule has 0 saturated carbocycles. The van der Waals surface area contributed by atoms with E-state index >= 15 is 0 Å². The van der Waals surface area contributed by atoms with E-state index in [2.05, 4.69) is 5.32 Å². The average Bonchev–Trinajstić information content (AvgIpc) is 2.86. The Morgan fingerprint density at radius 2 is 1.38 bits per heavy atom. The number of amides is 2. The Labute approximate surface area is 220 Å². The van der Waals surface area contributed by atoms with Crippen molar-refractivity contribution >= 4 is 27.5 Å². The molecule has 37 heavy (non-hydrogen) atoms. The molecule has 7 nitrogen and oxygen atoms in total. The molecule has 1 N–H and O–H groups in total. The second kappa shape index (κ2) is 11.6. The van der Waals surface area contributed by atoms with Crippen molar-refractivity contribution in [1.82, 2.24) is 10.2 Å². The van der Waals surface area contributed by atoms with E-state index in [-0.39, 0.29) is 17.3 Å². The summed E-state index contributed by atoms with van der Waals surface area (Å²) >= 11 is 0. The minimum absolute atomic E-state index is 0.0929. The van der Waals surface area contributed by atoms with Gasteiger partial charge in [0.15, 0.2) is 0 Å². The first kappa shape index (κ1) is 27.9. The number of aryl methyl sites for hydroxylation is 4. The molecule has 196 valence electrons. The molecule has 0 heterocycles. The predicted molar refractivity (Wildman–Crippen MR) is 147 cm³/mol. The zero-order valence-corrected chi connectivity index (χ0v) is 23.1. The number of rotatable bonds is 9. The van der Waals surface area contributed by atoms with Crippen LogP contribution in [0.15, 0.2) is 71.6 Å². The fourth-order valence-electron chi connectivity index (χ4n) is 4.12. The topological polar surface area (TPSA) is 86.8 Å². The van der Waals surface area contributed by atoms with Crippen molar-refractivity contribution in [1.29, 1.82) is 0 Å². The molecule has 1 atom stereocenters. The van der Waals surface area contributed by atoms with E-state index in [0.717, 1.165) is 32.1 Å². The van der Waals surface area contributed by atoms with Crippen LogP contribution in [0.2, 0.25) is 0 Å². The molecule has 0 saturated heterocycles. The van der Waals surface area contributed by atoms with E-state index in [9.17, 15) is 18.0 Å². The number of likely N-dealkylation sites (N-methyl/N-ethyl adjacent to an activating group) is 1. The molecule has 3 rings (SSSR count). The smallest absolute Gasteiger partial charge is 0.264 e. The highest BCUT2D eigenvalue weighted by atomic mass is 32.2. The maximum absolute atomic E-state index is 13.9. The van der Waals surface area contributed by atoms with Crippen LogP contribution in [0.25, 0.3) is 0 Å². The van der Waals surface area contributed by atoms with Gasteiger partial charge in [0.2, 0.25) is 11.8 Å². The van der Waals surface area contributed by atoms with Gasteiger partial charge in [-0.25, -0.2) is 8.42 Å². The fourth-order valence-corrected chi connectivity index (χ4v) is 5.60. The van der Waals surface area contributed by atoms with Crippen molar-refractivity contribution < 1.29 is 18.0 Å². The summed E-state index contributed by atoms with van der Waals surface area (Å²) in [6.45, 7) is 8.95. The number of hydrogen-bond donors (Lipinski definition) is 1. The summed E-state index contributed by atoms with van der Waals surface area (Å²) in [7, 11) is -2.57. The van der Waals surface area contributed by atoms with Crippen molar-refractivity contribution in [2.75, 3.05) is 17.9 Å². The van der Waals surface area contributed by atoms with Crippen LogP contribution in [-0.4, -0.2) is 44.8 Å². The number of carbonyl (C=O) groups excluding carboxylic acids is 2. The predicted octanol–water partition coefficient (Wildman–Crippen LogP) is 4.28. The third-order valence-electron chi connectivity index (χ3n) is 6.40. The minimum Gasteiger partial charge on any atom is -0.357 e. The lowest BCUT2D eigenvalue weighted by Crippen LogP contribution is -2.50. The molecule has 3 aromatic rings. The normalized spacial score (nSPS) is 12.1. The second-order valence-electron chi connectivity index (χ2n) is 9.41. The Balaban J connectivity index is 2.06. The first-order chi connectivity index (χ1) is 17.4. The summed E-state index contributed by atoms with van der Waals surface area (Å²) in [4.78, 5) is 27.9. The SMILES string of the molecule is CNC(=O)[C@H](C)N(Cc1ccc(C)cc1)C(=O)CN(c1ccc(C)cc1C)S(=O)(=O)c1ccc(C)cc1. The number of nitrogens with one attached hydrogen (secondary N) is 1. The second-order valence-corrected chi connectivity index (χ2v) is 11.3. The molecule has 8 heteroatoms. The lowest BCUT2D eigenvalue weighted by Gasteiger charge is -2.32. The van der Waals surface area contributed by atoms with Crippen LogP contribution >= 0.6 is 0 Å². The Morgan fingerprint density at radius 1 is 0.838 bits per heavy atom. The van der Waals surface area contributed by atoms with Gasteiger partial charge in [0, 0.05) is 13.6 Å². The summed E-state index contributed by atoms with van der Waals surface area (Å²) in [5.74, 6) is -0.813. The zero-order valence-electron chi connectivity index (χ0n) is 22.3. The van der Waals surface area contributed by atoms with Gasteiger partial charge in [-0.15, -0.1) is 0 Å². The third kappa shape index (κ3) is 6.57. The lowest BCUT2D eigenvalue weighted by molar-refractivity contribution is -0.139. The lowest BCUT2D eigenvalue weighted by atomic mass is 10.1. The van der Waals surface area contributed by atoms with Crippen molar-refractivity contribution in [3.05, 3.63) is 94.5 Å². The van der Waals surface area contributed by atoms with Crippen LogP contribution in [0.3, 0.4) is 0 Å². The van der Waals surface area contributed by atoms with E-state index in [1.807, 2.05) is 64.1 Å². The molecule has 0 aliphatic carbocycles. The van der Waals surface area contributed by atoms with Gasteiger partial charge in [-0.3, -0.25) is 13.9 Å². The Morgan fingerprint density at radius 3 is 1.92 bits per heavy atom. The highest BCUT2D eigenvalue weighted by molar-refractivity contribution is 7.92. The van der Waals surface area contributed by atoms with Gasteiger partial charge in [-0.2, -0.15) is 0 Å². The molecule has 0 radical (unpaired) electrons. The van der Waals surface area contributed by atoms with Crippen molar-refractivity contribution in [2.24, 2.45) is 0 Å². The third-order valence-corrected chi connectivity index (χ3v) is 8.17. The maximum Gasteiger partial charge on any atom is 0.264 e. The van der Waals surface area contributed by atoms with E-state index in [0.29, 0.717) is 5.69 Å². The van der Waals surface area contributed by atoms with Gasteiger partial charge in [0.05, 0.1) is 10.6 Å². The van der Waals surface area contributed by atoms with Crippen LogP contribution in [-0.2, 0) is 26.2 Å². The van der Waals surface area contributed by atoms with E-state index in [1.54, 1.807) is 37.3 Å². The molecule has 0 fully saturated rings. The number of hydrogen-bond acceptors (Lipinski definition) is 4. The van der Waals surface area contributed by atoms with Crippen molar-refractivity contribution in [3.8, 4) is 0 Å². The first-order valence-corrected chi connectivity index (χ1v) is 13.6. The number of benzene rings is 3. The van der Waals surface area contributed by atoms with E-state index < -0.39 is 28.5 Å². The molecule has 0 aliphatic heterocycles. The fraction of sp³-hybridized carbons (Fsp3) is 0.310. The van der Waals surface area contributed by atoms with Crippen LogP contribution in [0, 0.1) is 27.7 Å². The number of nitrogens with zero attached hydrogens (tertiary/aromatic N) is 2. The van der Waals surface area contributed by atoms with Gasteiger partial charge in [0.25, 0.3) is 10.0 Å². The first-order valence-electron chi connectivity index (χ1n) is 12.2. The summed E-state index contributed by atoms with van der Waals surface area (Å²) < 4.78 is 28.9. The van der Waals surface area contributed by atoms with Crippen LogP contribution in [0.1, 0.15) is 34.7 Å². The number of sulfonamides is 1. The standard InChI is InChI=1S/C29H35N3O4S/c1-20-7-12-25(13-8-20)18-31(24(5)29(34)30-6)28(33)19-32(27-16-11-22(3)17-23(27)4)37(35,36)26-14-9-21(2)10-15-26/h7-17,24H,18-19H2,1-6H3,(H,30,34)/t24-/m0/s1. The summed E-state index contributed by atoms with van der Waals surface area (Å²) in [6.07, 6.45) is 0. The van der Waals surface area contributed by atoms with Crippen molar-refractivity contribution in [3.63, 3.8) is 0 Å². The summed E-state index contributed by atoms with van der Waals surface area (Å²) in [5, 5.41) is 2.59. The van der Waals surface area contributed by atoms with Crippen molar-refractivity contribution in [2.45, 2.75) is 52.1 Å². The van der Waals surface area contributed by atoms with Gasteiger partial charge >= 0.3 is 0 Å². The minimum atomic E-state index is -4.08. The monoisotopic (exact) mass is 521 g/mol. The molecule has 0 spiro atoms. The highest BCUT2D eigenvalue weighted by Crippen LogP contribution is 2.28. The van der Waals surface area contributed by atoms with Gasteiger partial charge < -0.3 is 10.2 Å². The summed E-state index contributed by atoms with van der Waals surface area (Å²) in [5.41, 5.74) is 4.97. The average molecular weight is 522 g/mol. The van der Waals surface area contributed by atoms with Crippen LogP contribution in [0.4, 0.5) is 5.69 Å². The van der Waals surface area contributed by atoms with Gasteiger partial charge in [-0.1, -0.05) is 65.2 Å². The van der Waals surface area contributed by atoms with Gasteiger partial charge in [-0.05, 0) is 63.9 Å². The van der Waals surface area contributed by atoms with E-state index in [1.165, 1.54) is 11.9 Å². The molecule has 0 aromatic heterocycles. The largest absolute Gasteiger partial charge is 0.357 e. The zero-order chi connectivity index (χ0) is 27.3. The molecule has 0 unspecified atom stereocenters. The molecule has 0 aliphatic rings. The quantitative estimate of drug-likeness (QED) is 0.455. The Hall–Kier alpha value is -3.65. The van der Waals surface area contributed by atoms with Crippen LogP contribution in [0.5, 0.6) is 0 Å². The number of anilines is 1. The molecule has 2 amide bonds. The van der Waals surface area contributed by atoms with Gasteiger partial charge in [0.1, 0.15) is 12.6 Å². The maximum atomic E-state index is 13.9. The number of carbonyl (C=O) groups is 2. The van der Waals surface area contributed by atoms with Crippen LogP contribution < -0.4 is 9.62 Å². The molecule has 0 bridgehead atoms. The molecular formula is C29H35N3O4S. The molecular weight excluding hydrogens is 486 g/mol.